The zero-order chi connectivity index (χ0) is 22.1. The average molecular weight is 446 g/mol. The van der Waals surface area contributed by atoms with Crippen LogP contribution < -0.4 is 10.9 Å². The van der Waals surface area contributed by atoms with Gasteiger partial charge in [0.2, 0.25) is 0 Å². The number of pyridine rings is 1. The molecular formula is C22H21ClFN3O4. The number of carbonyl (C=O) groups excluding carboxylic acids is 2. The Bertz CT molecular complexity index is 1210. The number of rotatable bonds is 2. The molecule has 162 valence electrons. The van der Waals surface area contributed by atoms with Crippen molar-refractivity contribution in [3.63, 3.8) is 0 Å². The molecule has 0 radical (unpaired) electrons. The van der Waals surface area contributed by atoms with E-state index in [1.807, 2.05) is 0 Å². The topological polar surface area (TPSA) is 91.6 Å². The molecule has 1 aromatic carbocycles. The zero-order valence-corrected chi connectivity index (χ0v) is 17.6. The Morgan fingerprint density at radius 2 is 2.10 bits per heavy atom. The lowest BCUT2D eigenvalue weighted by Crippen LogP contribution is -2.46. The van der Waals surface area contributed by atoms with Crippen LogP contribution in [0.15, 0.2) is 23.0 Å². The van der Waals surface area contributed by atoms with E-state index in [1.54, 1.807) is 0 Å². The van der Waals surface area contributed by atoms with E-state index in [0.717, 1.165) is 6.42 Å². The third-order valence-corrected chi connectivity index (χ3v) is 6.96. The zero-order valence-electron chi connectivity index (χ0n) is 16.9. The Morgan fingerprint density at radius 1 is 1.32 bits per heavy atom. The lowest BCUT2D eigenvalue weighted by molar-refractivity contribution is 0.0721. The fourth-order valence-electron chi connectivity index (χ4n) is 5.26. The smallest absolute Gasteiger partial charge is 0.296 e. The van der Waals surface area contributed by atoms with Gasteiger partial charge in [-0.25, -0.2) is 4.39 Å². The second-order valence-corrected chi connectivity index (χ2v) is 9.16. The highest BCUT2D eigenvalue weighted by Gasteiger charge is 2.50. The van der Waals surface area contributed by atoms with Crippen molar-refractivity contribution < 1.29 is 19.1 Å². The molecule has 1 fully saturated rings. The molecule has 3 aliphatic rings. The molecule has 2 aliphatic heterocycles. The van der Waals surface area contributed by atoms with Crippen LogP contribution in [0, 0.1) is 11.7 Å². The second-order valence-electron chi connectivity index (χ2n) is 8.75. The molecule has 7 nitrogen and oxygen atoms in total. The number of aromatic nitrogens is 1. The summed E-state index contributed by atoms with van der Waals surface area (Å²) in [5.74, 6) is -1.76. The molecule has 0 saturated heterocycles. The quantitative estimate of drug-likeness (QED) is 0.743. The Labute approximate surface area is 182 Å². The van der Waals surface area contributed by atoms with Crippen molar-refractivity contribution in [1.82, 2.24) is 14.8 Å². The van der Waals surface area contributed by atoms with Crippen LogP contribution in [0.2, 0.25) is 5.02 Å². The fourth-order valence-corrected chi connectivity index (χ4v) is 5.46. The highest BCUT2D eigenvalue weighted by atomic mass is 35.5. The number of hydrogen-bond acceptors (Lipinski definition) is 4. The van der Waals surface area contributed by atoms with E-state index in [1.165, 1.54) is 27.7 Å². The maximum atomic E-state index is 13.4. The van der Waals surface area contributed by atoms with Crippen LogP contribution in [0.4, 0.5) is 4.39 Å². The molecule has 3 heterocycles. The Morgan fingerprint density at radius 3 is 2.77 bits per heavy atom. The van der Waals surface area contributed by atoms with E-state index in [4.69, 9.17) is 11.6 Å². The number of nitrogens with zero attached hydrogens (tertiary/aromatic N) is 2. The largest absolute Gasteiger partial charge is 0.502 e. The summed E-state index contributed by atoms with van der Waals surface area (Å²) in [7, 11) is 0. The molecule has 9 heteroatoms. The maximum Gasteiger partial charge on any atom is 0.296 e. The number of carbonyl (C=O) groups is 2. The van der Waals surface area contributed by atoms with Gasteiger partial charge in [-0.15, -0.1) is 0 Å². The summed E-state index contributed by atoms with van der Waals surface area (Å²) < 4.78 is 14.8. The maximum absolute atomic E-state index is 13.4. The first-order chi connectivity index (χ1) is 14.7. The van der Waals surface area contributed by atoms with Crippen LogP contribution in [-0.2, 0) is 18.6 Å². The standard InChI is InChI=1S/C22H21ClFN3O4/c1-11-4-6-22(9-11)25-19(29)17-13-5-7-26(10-12-2-3-15(24)14(23)8-12)20(30)16(13)18(28)21(31)27(17)22/h2-3,8,11,28H,4-7,9-10H2,1H3,(H,25,29). The number of hydrogen-bond donors (Lipinski definition) is 2. The van der Waals surface area contributed by atoms with Gasteiger partial charge in [0.15, 0.2) is 5.75 Å². The number of nitrogens with one attached hydrogen (secondary N) is 1. The van der Waals surface area contributed by atoms with Crippen molar-refractivity contribution in [2.75, 3.05) is 6.54 Å². The summed E-state index contributed by atoms with van der Waals surface area (Å²) in [4.78, 5) is 40.7. The van der Waals surface area contributed by atoms with Crippen molar-refractivity contribution >= 4 is 23.4 Å². The van der Waals surface area contributed by atoms with Crippen molar-refractivity contribution in [2.45, 2.75) is 44.8 Å². The van der Waals surface area contributed by atoms with Crippen molar-refractivity contribution in [3.05, 3.63) is 61.8 Å². The van der Waals surface area contributed by atoms with Gasteiger partial charge < -0.3 is 15.3 Å². The van der Waals surface area contributed by atoms with E-state index < -0.39 is 28.7 Å². The molecule has 31 heavy (non-hydrogen) atoms. The summed E-state index contributed by atoms with van der Waals surface area (Å²) in [5.41, 5.74) is -0.456. The average Bonchev–Trinajstić information content (AvgIpc) is 3.23. The number of amides is 2. The minimum Gasteiger partial charge on any atom is -0.502 e. The number of aromatic hydroxyl groups is 1. The first-order valence-corrected chi connectivity index (χ1v) is 10.7. The van der Waals surface area contributed by atoms with Gasteiger partial charge in [0.25, 0.3) is 17.4 Å². The first kappa shape index (κ1) is 20.1. The molecule has 2 N–H and O–H groups in total. The Balaban J connectivity index is 1.57. The van der Waals surface area contributed by atoms with Crippen molar-refractivity contribution in [1.29, 1.82) is 0 Å². The minimum atomic E-state index is -0.833. The van der Waals surface area contributed by atoms with Crippen LogP contribution in [0.3, 0.4) is 0 Å². The van der Waals surface area contributed by atoms with E-state index in [9.17, 15) is 23.9 Å². The summed E-state index contributed by atoms with van der Waals surface area (Å²) in [5, 5.41) is 13.7. The van der Waals surface area contributed by atoms with Gasteiger partial charge in [-0.05, 0) is 49.3 Å². The predicted octanol–water partition coefficient (Wildman–Crippen LogP) is 2.76. The van der Waals surface area contributed by atoms with Crippen LogP contribution in [0.1, 0.15) is 58.2 Å². The number of benzene rings is 1. The summed E-state index contributed by atoms with van der Waals surface area (Å²) >= 11 is 5.84. The third kappa shape index (κ3) is 2.88. The molecule has 1 aliphatic carbocycles. The molecule has 2 amide bonds. The van der Waals surface area contributed by atoms with Crippen molar-refractivity contribution in [2.24, 2.45) is 5.92 Å². The van der Waals surface area contributed by atoms with Crippen LogP contribution in [0.25, 0.3) is 0 Å². The number of halogens is 2. The summed E-state index contributed by atoms with van der Waals surface area (Å²) in [6.07, 6.45) is 2.39. The van der Waals surface area contributed by atoms with Crippen molar-refractivity contribution in [3.8, 4) is 5.75 Å². The lowest BCUT2D eigenvalue weighted by atomic mass is 9.95. The fraction of sp³-hybridized carbons (Fsp3) is 0.409. The molecule has 1 aromatic heterocycles. The lowest BCUT2D eigenvalue weighted by Gasteiger charge is -2.31. The molecule has 2 aromatic rings. The second kappa shape index (κ2) is 6.82. The molecule has 5 rings (SSSR count). The summed E-state index contributed by atoms with van der Waals surface area (Å²) in [6.45, 7) is 2.50. The third-order valence-electron chi connectivity index (χ3n) is 6.67. The van der Waals surface area contributed by atoms with Gasteiger partial charge in [0.1, 0.15) is 17.2 Å². The van der Waals surface area contributed by atoms with Gasteiger partial charge in [-0.1, -0.05) is 24.6 Å². The molecule has 1 spiro atoms. The van der Waals surface area contributed by atoms with Crippen LogP contribution in [0.5, 0.6) is 5.75 Å². The van der Waals surface area contributed by atoms with Gasteiger partial charge >= 0.3 is 0 Å². The number of fused-ring (bicyclic) bond motifs is 4. The predicted molar refractivity (Wildman–Crippen MR) is 111 cm³/mol. The first-order valence-electron chi connectivity index (χ1n) is 10.3. The molecule has 2 unspecified atom stereocenters. The molecular weight excluding hydrogens is 425 g/mol. The Kier molecular flexibility index (Phi) is 4.41. The van der Waals surface area contributed by atoms with Crippen LogP contribution in [-0.4, -0.2) is 32.9 Å². The highest BCUT2D eigenvalue weighted by molar-refractivity contribution is 6.30. The minimum absolute atomic E-state index is 0.0472. The Hall–Kier alpha value is -2.87. The normalized spacial score (nSPS) is 24.5. The molecule has 0 bridgehead atoms. The highest BCUT2D eigenvalue weighted by Crippen LogP contribution is 2.43. The van der Waals surface area contributed by atoms with E-state index in [0.29, 0.717) is 42.9 Å². The molecule has 2 atom stereocenters. The van der Waals surface area contributed by atoms with Gasteiger partial charge in [0.05, 0.1) is 10.6 Å². The van der Waals surface area contributed by atoms with Crippen LogP contribution >= 0.6 is 11.6 Å². The van der Waals surface area contributed by atoms with E-state index >= 15 is 0 Å². The van der Waals surface area contributed by atoms with Gasteiger partial charge in [-0.2, -0.15) is 0 Å². The van der Waals surface area contributed by atoms with Gasteiger partial charge in [0, 0.05) is 18.7 Å². The van der Waals surface area contributed by atoms with Gasteiger partial charge in [-0.3, -0.25) is 19.0 Å². The van der Waals surface area contributed by atoms with E-state index in [2.05, 4.69) is 12.2 Å². The molecule has 1 saturated carbocycles. The summed E-state index contributed by atoms with van der Waals surface area (Å²) in [6, 6.07) is 4.19. The monoisotopic (exact) mass is 445 g/mol. The SMILES string of the molecule is CC1CCC2(C1)NC(=O)c1c3c(c(O)c(=O)n12)C(=O)N(Cc1ccc(F)c(Cl)c1)CC3. The van der Waals surface area contributed by atoms with E-state index in [-0.39, 0.29) is 28.7 Å².